The number of benzene rings is 2. The zero-order valence-corrected chi connectivity index (χ0v) is 16.0. The number of carbonyl (C=O) groups excluding carboxylic acids is 2. The van der Waals surface area contributed by atoms with Crippen molar-refractivity contribution in [1.29, 1.82) is 0 Å². The van der Waals surface area contributed by atoms with Gasteiger partial charge >= 0.3 is 5.97 Å². The Morgan fingerprint density at radius 1 is 1.04 bits per heavy atom. The van der Waals surface area contributed by atoms with E-state index in [9.17, 15) is 9.59 Å². The number of rotatable bonds is 7. The molecule has 0 heterocycles. The maximum Gasteiger partial charge on any atom is 0.309 e. The topological polar surface area (TPSA) is 64.6 Å². The van der Waals surface area contributed by atoms with Gasteiger partial charge in [-0.05, 0) is 42.5 Å². The molecule has 2 atom stereocenters. The maximum absolute atomic E-state index is 12.5. The predicted molar refractivity (Wildman–Crippen MR) is 107 cm³/mol. The van der Waals surface area contributed by atoms with Crippen molar-refractivity contribution >= 4 is 11.9 Å². The molecule has 0 bridgehead atoms. The molecule has 1 aliphatic carbocycles. The van der Waals surface area contributed by atoms with Gasteiger partial charge < -0.3 is 14.8 Å². The average Bonchev–Trinajstić information content (AvgIpc) is 2.77. The summed E-state index contributed by atoms with van der Waals surface area (Å²) in [7, 11) is 1.61. The molecule has 0 unspecified atom stereocenters. The summed E-state index contributed by atoms with van der Waals surface area (Å²) in [5, 5.41) is 2.97. The predicted octanol–water partition coefficient (Wildman–Crippen LogP) is 3.80. The van der Waals surface area contributed by atoms with Gasteiger partial charge in [-0.3, -0.25) is 9.59 Å². The standard InChI is InChI=1S/C23H25NO4/c1-27-20-14-12-18(13-15-20)22(17-8-4-2-5-9-17)24-21(25)16-28-23(26)19-10-6-3-7-11-19/h2-6,8-9,12-15,19,22H,7,10-11,16H2,1H3,(H,24,25)/t19-,22+/m1/s1. The summed E-state index contributed by atoms with van der Waals surface area (Å²) in [6.07, 6.45) is 6.38. The van der Waals surface area contributed by atoms with Gasteiger partial charge in [0.05, 0.1) is 19.1 Å². The van der Waals surface area contributed by atoms with E-state index in [2.05, 4.69) is 11.4 Å². The fourth-order valence-corrected chi connectivity index (χ4v) is 3.27. The van der Waals surface area contributed by atoms with Gasteiger partial charge in [-0.15, -0.1) is 0 Å². The third-order valence-corrected chi connectivity index (χ3v) is 4.84. The van der Waals surface area contributed by atoms with Gasteiger partial charge in [-0.1, -0.05) is 54.6 Å². The van der Waals surface area contributed by atoms with Gasteiger partial charge in [0.1, 0.15) is 5.75 Å². The Hall–Kier alpha value is -3.08. The summed E-state index contributed by atoms with van der Waals surface area (Å²) in [5.74, 6) is -0.0359. The van der Waals surface area contributed by atoms with Crippen LogP contribution in [-0.4, -0.2) is 25.6 Å². The van der Waals surface area contributed by atoms with Gasteiger partial charge in [0.25, 0.3) is 5.91 Å². The summed E-state index contributed by atoms with van der Waals surface area (Å²) in [6.45, 7) is -0.279. The van der Waals surface area contributed by atoms with Crippen molar-refractivity contribution in [3.63, 3.8) is 0 Å². The molecule has 2 aromatic carbocycles. The van der Waals surface area contributed by atoms with Crippen LogP contribution in [0, 0.1) is 5.92 Å². The highest BCUT2D eigenvalue weighted by Crippen LogP contribution is 2.24. The molecule has 146 valence electrons. The normalized spacial score (nSPS) is 16.8. The van der Waals surface area contributed by atoms with Crippen LogP contribution in [0.2, 0.25) is 0 Å². The van der Waals surface area contributed by atoms with Gasteiger partial charge in [0.15, 0.2) is 6.61 Å². The highest BCUT2D eigenvalue weighted by molar-refractivity contribution is 5.82. The molecule has 0 aromatic heterocycles. The number of nitrogens with one attached hydrogen (secondary N) is 1. The van der Waals surface area contributed by atoms with Crippen LogP contribution in [-0.2, 0) is 14.3 Å². The zero-order chi connectivity index (χ0) is 19.8. The first-order chi connectivity index (χ1) is 13.7. The largest absolute Gasteiger partial charge is 0.497 e. The van der Waals surface area contributed by atoms with E-state index in [0.717, 1.165) is 29.7 Å². The van der Waals surface area contributed by atoms with Gasteiger partial charge in [-0.2, -0.15) is 0 Å². The van der Waals surface area contributed by atoms with Crippen LogP contribution < -0.4 is 10.1 Å². The van der Waals surface area contributed by atoms with Crippen LogP contribution in [0.5, 0.6) is 5.75 Å². The molecule has 0 fully saturated rings. The van der Waals surface area contributed by atoms with Gasteiger partial charge in [-0.25, -0.2) is 0 Å². The summed E-state index contributed by atoms with van der Waals surface area (Å²) in [4.78, 5) is 24.6. The molecule has 0 spiro atoms. The molecular formula is C23H25NO4. The first-order valence-electron chi connectivity index (χ1n) is 9.47. The van der Waals surface area contributed by atoms with Crippen LogP contribution in [0.1, 0.15) is 36.4 Å². The van der Waals surface area contributed by atoms with Crippen molar-refractivity contribution in [2.45, 2.75) is 25.3 Å². The molecule has 5 nitrogen and oxygen atoms in total. The molecule has 1 amide bonds. The Kier molecular flexibility index (Phi) is 6.84. The fraction of sp³-hybridized carbons (Fsp3) is 0.304. The number of hydrogen-bond acceptors (Lipinski definition) is 4. The lowest BCUT2D eigenvalue weighted by Crippen LogP contribution is -2.34. The van der Waals surface area contributed by atoms with Crippen molar-refractivity contribution in [3.05, 3.63) is 77.9 Å². The summed E-state index contributed by atoms with van der Waals surface area (Å²) < 4.78 is 10.5. The third-order valence-electron chi connectivity index (χ3n) is 4.84. The number of amides is 1. The summed E-state index contributed by atoms with van der Waals surface area (Å²) >= 11 is 0. The van der Waals surface area contributed by atoms with Crippen LogP contribution >= 0.6 is 0 Å². The molecule has 2 aromatic rings. The number of ether oxygens (including phenoxy) is 2. The number of carbonyl (C=O) groups is 2. The molecular weight excluding hydrogens is 354 g/mol. The zero-order valence-electron chi connectivity index (χ0n) is 16.0. The van der Waals surface area contributed by atoms with E-state index in [-0.39, 0.29) is 30.4 Å². The first-order valence-corrected chi connectivity index (χ1v) is 9.47. The lowest BCUT2D eigenvalue weighted by atomic mass is 9.95. The van der Waals surface area contributed by atoms with E-state index in [1.165, 1.54) is 0 Å². The Morgan fingerprint density at radius 2 is 1.75 bits per heavy atom. The van der Waals surface area contributed by atoms with E-state index in [0.29, 0.717) is 6.42 Å². The second-order valence-electron chi connectivity index (χ2n) is 6.77. The second-order valence-corrected chi connectivity index (χ2v) is 6.77. The highest BCUT2D eigenvalue weighted by Gasteiger charge is 2.22. The van der Waals surface area contributed by atoms with E-state index < -0.39 is 0 Å². The van der Waals surface area contributed by atoms with Crippen molar-refractivity contribution in [3.8, 4) is 5.75 Å². The fourth-order valence-electron chi connectivity index (χ4n) is 3.27. The lowest BCUT2D eigenvalue weighted by Gasteiger charge is -2.21. The van der Waals surface area contributed by atoms with Crippen LogP contribution in [0.3, 0.4) is 0 Å². The third kappa shape index (κ3) is 5.22. The van der Waals surface area contributed by atoms with Gasteiger partial charge in [0.2, 0.25) is 0 Å². The Bertz CT molecular complexity index is 814. The minimum absolute atomic E-state index is 0.149. The number of methoxy groups -OCH3 is 1. The van der Waals surface area contributed by atoms with Crippen LogP contribution in [0.15, 0.2) is 66.7 Å². The minimum Gasteiger partial charge on any atom is -0.497 e. The molecule has 3 rings (SSSR count). The molecule has 1 N–H and O–H groups in total. The average molecular weight is 379 g/mol. The molecule has 0 saturated carbocycles. The van der Waals surface area contributed by atoms with Crippen molar-refractivity contribution < 1.29 is 19.1 Å². The van der Waals surface area contributed by atoms with Crippen molar-refractivity contribution in [1.82, 2.24) is 5.32 Å². The molecule has 1 aliphatic rings. The minimum atomic E-state index is -0.337. The molecule has 0 aliphatic heterocycles. The summed E-state index contributed by atoms with van der Waals surface area (Å²) in [5.41, 5.74) is 1.87. The molecule has 0 radical (unpaired) electrons. The molecule has 28 heavy (non-hydrogen) atoms. The van der Waals surface area contributed by atoms with Crippen molar-refractivity contribution in [2.24, 2.45) is 5.92 Å². The van der Waals surface area contributed by atoms with E-state index in [1.54, 1.807) is 7.11 Å². The van der Waals surface area contributed by atoms with Gasteiger partial charge in [0, 0.05) is 0 Å². The van der Waals surface area contributed by atoms with E-state index in [1.807, 2.05) is 60.7 Å². The Labute approximate surface area is 165 Å². The first kappa shape index (κ1) is 19.7. The molecule has 5 heteroatoms. The summed E-state index contributed by atoms with van der Waals surface area (Å²) in [6, 6.07) is 16.9. The Balaban J connectivity index is 1.66. The second kappa shape index (κ2) is 9.74. The number of hydrogen-bond donors (Lipinski definition) is 1. The van der Waals surface area contributed by atoms with E-state index >= 15 is 0 Å². The van der Waals surface area contributed by atoms with E-state index in [4.69, 9.17) is 9.47 Å². The SMILES string of the molecule is COc1ccc([C@@H](NC(=O)COC(=O)[C@@H]2CC=CCC2)c2ccccc2)cc1. The number of allylic oxidation sites excluding steroid dienone is 2. The van der Waals surface area contributed by atoms with Crippen LogP contribution in [0.25, 0.3) is 0 Å². The Morgan fingerprint density at radius 3 is 2.39 bits per heavy atom. The highest BCUT2D eigenvalue weighted by atomic mass is 16.5. The van der Waals surface area contributed by atoms with Crippen molar-refractivity contribution in [2.75, 3.05) is 13.7 Å². The van der Waals surface area contributed by atoms with Crippen LogP contribution in [0.4, 0.5) is 0 Å². The number of esters is 1. The smallest absolute Gasteiger partial charge is 0.309 e. The lowest BCUT2D eigenvalue weighted by molar-refractivity contribution is -0.153. The molecule has 0 saturated heterocycles. The quantitative estimate of drug-likeness (QED) is 0.587. The maximum atomic E-state index is 12.5. The monoisotopic (exact) mass is 379 g/mol.